The SMILES string of the molecule is CCCC(C)(N)C(=O)Nc1ccn[nH]1. The average molecular weight is 196 g/mol. The predicted octanol–water partition coefficient (Wildman–Crippen LogP) is 0.866. The molecule has 1 rings (SSSR count). The normalized spacial score (nSPS) is 14.8. The van der Waals surface area contributed by atoms with Crippen molar-refractivity contribution < 1.29 is 4.79 Å². The quantitative estimate of drug-likeness (QED) is 0.668. The number of aromatic nitrogens is 2. The van der Waals surface area contributed by atoms with Crippen molar-refractivity contribution in [3.05, 3.63) is 12.3 Å². The van der Waals surface area contributed by atoms with Gasteiger partial charge in [-0.1, -0.05) is 13.3 Å². The molecule has 78 valence electrons. The van der Waals surface area contributed by atoms with Crippen molar-refractivity contribution in [2.75, 3.05) is 5.32 Å². The van der Waals surface area contributed by atoms with E-state index < -0.39 is 5.54 Å². The van der Waals surface area contributed by atoms with Gasteiger partial charge < -0.3 is 11.1 Å². The molecule has 0 bridgehead atoms. The first kappa shape index (κ1) is 10.7. The summed E-state index contributed by atoms with van der Waals surface area (Å²) in [6.07, 6.45) is 3.11. The molecule has 0 aromatic carbocycles. The number of hydrogen-bond acceptors (Lipinski definition) is 3. The lowest BCUT2D eigenvalue weighted by atomic mass is 9.97. The second kappa shape index (κ2) is 4.23. The molecular weight excluding hydrogens is 180 g/mol. The average Bonchev–Trinajstić information content (AvgIpc) is 2.56. The zero-order valence-electron chi connectivity index (χ0n) is 8.50. The molecule has 1 aromatic heterocycles. The van der Waals surface area contributed by atoms with Crippen LogP contribution in [0.25, 0.3) is 0 Å². The molecule has 5 heteroatoms. The first-order valence-corrected chi connectivity index (χ1v) is 4.66. The molecule has 5 nitrogen and oxygen atoms in total. The van der Waals surface area contributed by atoms with Crippen LogP contribution in [0.15, 0.2) is 12.3 Å². The highest BCUT2D eigenvalue weighted by Gasteiger charge is 2.27. The van der Waals surface area contributed by atoms with Crippen LogP contribution < -0.4 is 11.1 Å². The van der Waals surface area contributed by atoms with Crippen LogP contribution in [0.2, 0.25) is 0 Å². The summed E-state index contributed by atoms with van der Waals surface area (Å²) in [6.45, 7) is 3.72. The molecule has 0 aliphatic rings. The van der Waals surface area contributed by atoms with Gasteiger partial charge in [-0.25, -0.2) is 0 Å². The predicted molar refractivity (Wildman–Crippen MR) is 54.7 cm³/mol. The van der Waals surface area contributed by atoms with E-state index in [0.29, 0.717) is 12.2 Å². The van der Waals surface area contributed by atoms with Gasteiger partial charge in [0.25, 0.3) is 0 Å². The van der Waals surface area contributed by atoms with E-state index in [1.54, 1.807) is 19.2 Å². The summed E-state index contributed by atoms with van der Waals surface area (Å²) in [5.41, 5.74) is 5.02. The Kier molecular flexibility index (Phi) is 3.24. The number of nitrogens with two attached hydrogens (primary N) is 1. The Labute approximate surface area is 83.1 Å². The van der Waals surface area contributed by atoms with Crippen molar-refractivity contribution in [1.29, 1.82) is 0 Å². The number of rotatable bonds is 4. The van der Waals surface area contributed by atoms with Gasteiger partial charge in [-0.3, -0.25) is 9.89 Å². The number of nitrogens with zero attached hydrogens (tertiary/aromatic N) is 1. The summed E-state index contributed by atoms with van der Waals surface area (Å²) >= 11 is 0. The van der Waals surface area contributed by atoms with Crippen LogP contribution in [-0.4, -0.2) is 21.6 Å². The minimum absolute atomic E-state index is 0.191. The molecule has 0 aliphatic heterocycles. The molecule has 0 saturated carbocycles. The van der Waals surface area contributed by atoms with Gasteiger partial charge in [0.05, 0.1) is 11.7 Å². The highest BCUT2D eigenvalue weighted by Crippen LogP contribution is 2.11. The Balaban J connectivity index is 2.57. The number of aromatic amines is 1. The number of carbonyl (C=O) groups excluding carboxylic acids is 1. The highest BCUT2D eigenvalue weighted by atomic mass is 16.2. The van der Waals surface area contributed by atoms with E-state index in [1.807, 2.05) is 6.92 Å². The van der Waals surface area contributed by atoms with Gasteiger partial charge in [0.2, 0.25) is 5.91 Å². The van der Waals surface area contributed by atoms with Gasteiger partial charge in [0.1, 0.15) is 5.82 Å². The van der Waals surface area contributed by atoms with Gasteiger partial charge in [0.15, 0.2) is 0 Å². The highest BCUT2D eigenvalue weighted by molar-refractivity contribution is 5.96. The van der Waals surface area contributed by atoms with Crippen LogP contribution in [0.5, 0.6) is 0 Å². The van der Waals surface area contributed by atoms with Gasteiger partial charge in [-0.15, -0.1) is 0 Å². The van der Waals surface area contributed by atoms with E-state index in [-0.39, 0.29) is 5.91 Å². The number of carbonyl (C=O) groups is 1. The molecule has 1 unspecified atom stereocenters. The van der Waals surface area contributed by atoms with E-state index in [1.165, 1.54) is 0 Å². The molecule has 0 saturated heterocycles. The van der Waals surface area contributed by atoms with Crippen molar-refractivity contribution in [3.63, 3.8) is 0 Å². The first-order valence-electron chi connectivity index (χ1n) is 4.66. The molecule has 1 aromatic rings. The lowest BCUT2D eigenvalue weighted by molar-refractivity contribution is -0.120. The van der Waals surface area contributed by atoms with Crippen LogP contribution in [-0.2, 0) is 4.79 Å². The zero-order valence-corrected chi connectivity index (χ0v) is 8.50. The monoisotopic (exact) mass is 196 g/mol. The molecule has 1 heterocycles. The second-order valence-corrected chi connectivity index (χ2v) is 3.59. The standard InChI is InChI=1S/C9H16N4O/c1-3-5-9(2,10)8(14)12-7-4-6-11-13-7/h4,6H,3,5,10H2,1-2H3,(H2,11,12,13,14). The Hall–Kier alpha value is -1.36. The van der Waals surface area contributed by atoms with E-state index in [0.717, 1.165) is 6.42 Å². The van der Waals surface area contributed by atoms with Crippen LogP contribution in [0, 0.1) is 0 Å². The van der Waals surface area contributed by atoms with Crippen molar-refractivity contribution >= 4 is 11.7 Å². The van der Waals surface area contributed by atoms with Gasteiger partial charge in [-0.2, -0.15) is 5.10 Å². The molecule has 4 N–H and O–H groups in total. The van der Waals surface area contributed by atoms with Gasteiger partial charge >= 0.3 is 0 Å². The third-order valence-corrected chi connectivity index (χ3v) is 2.04. The third kappa shape index (κ3) is 2.56. The summed E-state index contributed by atoms with van der Waals surface area (Å²) in [6, 6.07) is 1.68. The summed E-state index contributed by atoms with van der Waals surface area (Å²) in [4.78, 5) is 11.6. The molecular formula is C9H16N4O. The smallest absolute Gasteiger partial charge is 0.245 e. The van der Waals surface area contributed by atoms with Crippen molar-refractivity contribution in [2.45, 2.75) is 32.2 Å². The maximum atomic E-state index is 11.6. The number of amides is 1. The van der Waals surface area contributed by atoms with E-state index in [9.17, 15) is 4.79 Å². The number of hydrogen-bond donors (Lipinski definition) is 3. The molecule has 0 spiro atoms. The zero-order chi connectivity index (χ0) is 10.6. The maximum absolute atomic E-state index is 11.6. The molecule has 1 amide bonds. The number of H-pyrrole nitrogens is 1. The van der Waals surface area contributed by atoms with Crippen LogP contribution in [0.3, 0.4) is 0 Å². The van der Waals surface area contributed by atoms with Gasteiger partial charge in [0, 0.05) is 6.07 Å². The minimum atomic E-state index is -0.820. The fraction of sp³-hybridized carbons (Fsp3) is 0.556. The fourth-order valence-electron chi connectivity index (χ4n) is 1.22. The topological polar surface area (TPSA) is 83.8 Å². The Morgan fingerprint density at radius 1 is 1.79 bits per heavy atom. The fourth-order valence-corrected chi connectivity index (χ4v) is 1.22. The summed E-state index contributed by atoms with van der Waals surface area (Å²) in [5.74, 6) is 0.381. The summed E-state index contributed by atoms with van der Waals surface area (Å²) < 4.78 is 0. The van der Waals surface area contributed by atoms with Crippen molar-refractivity contribution in [2.24, 2.45) is 5.73 Å². The second-order valence-electron chi connectivity index (χ2n) is 3.59. The summed E-state index contributed by atoms with van der Waals surface area (Å²) in [5, 5.41) is 9.03. The Bertz CT molecular complexity index is 292. The molecule has 0 fully saturated rings. The number of anilines is 1. The minimum Gasteiger partial charge on any atom is -0.318 e. The van der Waals surface area contributed by atoms with Crippen LogP contribution >= 0.6 is 0 Å². The largest absolute Gasteiger partial charge is 0.318 e. The van der Waals surface area contributed by atoms with Crippen molar-refractivity contribution in [3.8, 4) is 0 Å². The van der Waals surface area contributed by atoms with E-state index >= 15 is 0 Å². The molecule has 0 aliphatic carbocycles. The van der Waals surface area contributed by atoms with E-state index in [4.69, 9.17) is 5.73 Å². The first-order chi connectivity index (χ1) is 6.56. The summed E-state index contributed by atoms with van der Waals surface area (Å²) in [7, 11) is 0. The molecule has 14 heavy (non-hydrogen) atoms. The lowest BCUT2D eigenvalue weighted by Crippen LogP contribution is -2.48. The molecule has 1 atom stereocenters. The lowest BCUT2D eigenvalue weighted by Gasteiger charge is -2.22. The Morgan fingerprint density at radius 3 is 3.00 bits per heavy atom. The third-order valence-electron chi connectivity index (χ3n) is 2.04. The maximum Gasteiger partial charge on any atom is 0.245 e. The van der Waals surface area contributed by atoms with Gasteiger partial charge in [-0.05, 0) is 13.3 Å². The van der Waals surface area contributed by atoms with E-state index in [2.05, 4.69) is 15.5 Å². The van der Waals surface area contributed by atoms with Crippen LogP contribution in [0.4, 0.5) is 5.82 Å². The number of nitrogens with one attached hydrogen (secondary N) is 2. The Morgan fingerprint density at radius 2 is 2.50 bits per heavy atom. The van der Waals surface area contributed by atoms with Crippen molar-refractivity contribution in [1.82, 2.24) is 10.2 Å². The van der Waals surface area contributed by atoms with Crippen LogP contribution in [0.1, 0.15) is 26.7 Å². The molecule has 0 radical (unpaired) electrons.